The molecule has 0 unspecified atom stereocenters. The molecule has 2 heterocycles. The number of anilines is 2. The molecule has 180 valence electrons. The van der Waals surface area contributed by atoms with Crippen molar-refractivity contribution in [2.45, 2.75) is 59.3 Å². The summed E-state index contributed by atoms with van der Waals surface area (Å²) in [5.74, 6) is 0. The minimum atomic E-state index is 0. The molecule has 3 aliphatic rings. The third-order valence-corrected chi connectivity index (χ3v) is 8.16. The second-order valence-electron chi connectivity index (χ2n) is 9.77. The van der Waals surface area contributed by atoms with E-state index in [1.165, 1.54) is 75.1 Å². The van der Waals surface area contributed by atoms with Crippen LogP contribution in [0.5, 0.6) is 0 Å². The SMILES string of the molecule is CCCN1CCN(c2ccc(N3CCOCC3)cc2C2=CCC(CC)(CC)CC2)CC1.Cl. The van der Waals surface area contributed by atoms with E-state index in [4.69, 9.17) is 4.74 Å². The second-order valence-corrected chi connectivity index (χ2v) is 9.77. The van der Waals surface area contributed by atoms with Crippen molar-refractivity contribution in [2.75, 3.05) is 68.8 Å². The molecular formula is C27H44ClN3O. The van der Waals surface area contributed by atoms with Crippen LogP contribution in [0.15, 0.2) is 24.3 Å². The topological polar surface area (TPSA) is 19.0 Å². The van der Waals surface area contributed by atoms with E-state index in [9.17, 15) is 0 Å². The highest BCUT2D eigenvalue weighted by atomic mass is 35.5. The maximum atomic E-state index is 5.60. The lowest BCUT2D eigenvalue weighted by Crippen LogP contribution is -2.46. The van der Waals surface area contributed by atoms with Crippen molar-refractivity contribution in [3.8, 4) is 0 Å². The van der Waals surface area contributed by atoms with Crippen molar-refractivity contribution in [1.82, 2.24) is 4.90 Å². The number of piperazine rings is 1. The first kappa shape index (κ1) is 25.4. The van der Waals surface area contributed by atoms with Crippen LogP contribution in [-0.4, -0.2) is 63.9 Å². The van der Waals surface area contributed by atoms with Gasteiger partial charge in [-0.25, -0.2) is 0 Å². The quantitative estimate of drug-likeness (QED) is 0.506. The maximum Gasteiger partial charge on any atom is 0.0642 e. The lowest BCUT2D eigenvalue weighted by molar-refractivity contribution is 0.122. The molecule has 1 aromatic rings. The Bertz CT molecular complexity index is 747. The van der Waals surface area contributed by atoms with E-state index >= 15 is 0 Å². The van der Waals surface area contributed by atoms with Gasteiger partial charge in [0.25, 0.3) is 0 Å². The molecule has 2 aliphatic heterocycles. The molecule has 0 spiro atoms. The highest BCUT2D eigenvalue weighted by Crippen LogP contribution is 2.45. The third kappa shape index (κ3) is 5.63. The molecule has 4 nitrogen and oxygen atoms in total. The zero-order chi connectivity index (χ0) is 21.7. The van der Waals surface area contributed by atoms with E-state index in [1.807, 2.05) is 0 Å². The first-order valence-corrected chi connectivity index (χ1v) is 12.8. The van der Waals surface area contributed by atoms with Crippen molar-refractivity contribution in [3.05, 3.63) is 29.8 Å². The molecule has 2 saturated heterocycles. The van der Waals surface area contributed by atoms with Gasteiger partial charge in [0, 0.05) is 56.2 Å². The van der Waals surface area contributed by atoms with Crippen LogP contribution in [0.25, 0.3) is 5.57 Å². The molecule has 5 heteroatoms. The van der Waals surface area contributed by atoms with Crippen LogP contribution in [0.4, 0.5) is 11.4 Å². The summed E-state index contributed by atoms with van der Waals surface area (Å²) in [5.41, 5.74) is 6.43. The van der Waals surface area contributed by atoms with Crippen LogP contribution in [-0.2, 0) is 4.74 Å². The highest BCUT2D eigenvalue weighted by Gasteiger charge is 2.30. The van der Waals surface area contributed by atoms with Gasteiger partial charge in [0.05, 0.1) is 13.2 Å². The number of benzene rings is 1. The van der Waals surface area contributed by atoms with E-state index in [0.717, 1.165) is 39.4 Å². The van der Waals surface area contributed by atoms with Gasteiger partial charge >= 0.3 is 0 Å². The number of halogens is 1. The Kier molecular flexibility index (Phi) is 9.33. The molecule has 0 atom stereocenters. The minimum absolute atomic E-state index is 0. The summed E-state index contributed by atoms with van der Waals surface area (Å²) in [4.78, 5) is 7.77. The minimum Gasteiger partial charge on any atom is -0.378 e. The predicted octanol–water partition coefficient (Wildman–Crippen LogP) is 5.85. The lowest BCUT2D eigenvalue weighted by Gasteiger charge is -2.39. The zero-order valence-corrected chi connectivity index (χ0v) is 21.4. The predicted molar refractivity (Wildman–Crippen MR) is 141 cm³/mol. The first-order valence-electron chi connectivity index (χ1n) is 12.8. The number of hydrogen-bond donors (Lipinski definition) is 0. The maximum absolute atomic E-state index is 5.60. The van der Waals surface area contributed by atoms with Crippen LogP contribution < -0.4 is 9.80 Å². The van der Waals surface area contributed by atoms with E-state index in [0.29, 0.717) is 5.41 Å². The Hall–Kier alpha value is -1.23. The van der Waals surface area contributed by atoms with Gasteiger partial charge in [-0.15, -0.1) is 12.4 Å². The lowest BCUT2D eigenvalue weighted by atomic mass is 9.70. The fourth-order valence-electron chi connectivity index (χ4n) is 5.68. The Morgan fingerprint density at radius 3 is 2.22 bits per heavy atom. The number of hydrogen-bond acceptors (Lipinski definition) is 4. The zero-order valence-electron chi connectivity index (χ0n) is 20.6. The molecule has 0 amide bonds. The fourth-order valence-corrected chi connectivity index (χ4v) is 5.68. The van der Waals surface area contributed by atoms with E-state index in [1.54, 1.807) is 5.57 Å². The van der Waals surface area contributed by atoms with Gasteiger partial charge < -0.3 is 14.5 Å². The van der Waals surface area contributed by atoms with Crippen molar-refractivity contribution in [2.24, 2.45) is 5.41 Å². The van der Waals surface area contributed by atoms with E-state index < -0.39 is 0 Å². The van der Waals surface area contributed by atoms with Gasteiger partial charge in [-0.3, -0.25) is 4.90 Å². The summed E-state index contributed by atoms with van der Waals surface area (Å²) in [6.07, 6.45) is 10.2. The molecule has 0 radical (unpaired) electrons. The number of allylic oxidation sites excluding steroid dienone is 2. The average molecular weight is 462 g/mol. The summed E-state index contributed by atoms with van der Waals surface area (Å²) in [6.45, 7) is 16.6. The third-order valence-electron chi connectivity index (χ3n) is 8.16. The Labute approximate surface area is 202 Å². The van der Waals surface area contributed by atoms with Gasteiger partial charge in [0.2, 0.25) is 0 Å². The molecule has 1 aliphatic carbocycles. The molecule has 0 aromatic heterocycles. The molecule has 0 N–H and O–H groups in total. The van der Waals surface area contributed by atoms with E-state index in [-0.39, 0.29) is 12.4 Å². The van der Waals surface area contributed by atoms with Crippen molar-refractivity contribution < 1.29 is 4.74 Å². The normalized spacial score (nSPS) is 21.8. The summed E-state index contributed by atoms with van der Waals surface area (Å²) in [7, 11) is 0. The Balaban J connectivity index is 0.00000289. The summed E-state index contributed by atoms with van der Waals surface area (Å²) >= 11 is 0. The van der Waals surface area contributed by atoms with Crippen molar-refractivity contribution in [3.63, 3.8) is 0 Å². The van der Waals surface area contributed by atoms with Gasteiger partial charge in [-0.1, -0.05) is 39.7 Å². The number of rotatable bonds is 7. The molecule has 1 aromatic carbocycles. The Morgan fingerprint density at radius 2 is 1.62 bits per heavy atom. The standard InChI is InChI=1S/C27H43N3O.ClH/c1-4-13-28-14-16-30(17-15-28)26-8-7-24(29-18-20-31-21-19-29)22-25(26)23-9-11-27(5-2,6-3)12-10-23;/h7-9,22H,4-6,10-21H2,1-3H3;1H. The van der Waals surface area contributed by atoms with Crippen LogP contribution in [0.3, 0.4) is 0 Å². The van der Waals surface area contributed by atoms with Crippen LogP contribution in [0, 0.1) is 5.41 Å². The fraction of sp³-hybridized carbons (Fsp3) is 0.704. The van der Waals surface area contributed by atoms with E-state index in [2.05, 4.69) is 59.7 Å². The van der Waals surface area contributed by atoms with Crippen LogP contribution in [0.2, 0.25) is 0 Å². The van der Waals surface area contributed by atoms with Gasteiger partial charge in [-0.2, -0.15) is 0 Å². The second kappa shape index (κ2) is 11.8. The van der Waals surface area contributed by atoms with Crippen molar-refractivity contribution in [1.29, 1.82) is 0 Å². The van der Waals surface area contributed by atoms with Gasteiger partial charge in [0.15, 0.2) is 0 Å². The summed E-state index contributed by atoms with van der Waals surface area (Å²) in [6, 6.07) is 7.27. The van der Waals surface area contributed by atoms with Crippen LogP contribution >= 0.6 is 12.4 Å². The summed E-state index contributed by atoms with van der Waals surface area (Å²) < 4.78 is 5.60. The van der Waals surface area contributed by atoms with Crippen molar-refractivity contribution >= 4 is 29.4 Å². The first-order chi connectivity index (χ1) is 15.2. The molecule has 4 rings (SSSR count). The Morgan fingerprint density at radius 1 is 0.906 bits per heavy atom. The number of morpholine rings is 1. The smallest absolute Gasteiger partial charge is 0.0642 e. The summed E-state index contributed by atoms with van der Waals surface area (Å²) in [5, 5.41) is 0. The molecule has 0 bridgehead atoms. The molecule has 2 fully saturated rings. The number of ether oxygens (including phenoxy) is 1. The average Bonchev–Trinajstić information content (AvgIpc) is 2.85. The van der Waals surface area contributed by atoms with Gasteiger partial charge in [0.1, 0.15) is 0 Å². The van der Waals surface area contributed by atoms with Gasteiger partial charge in [-0.05, 0) is 61.4 Å². The van der Waals surface area contributed by atoms with Crippen LogP contribution in [0.1, 0.15) is 64.9 Å². The highest BCUT2D eigenvalue weighted by molar-refractivity contribution is 5.85. The molecule has 0 saturated carbocycles. The monoisotopic (exact) mass is 461 g/mol. The number of nitrogens with zero attached hydrogens (tertiary/aromatic N) is 3. The molecule has 32 heavy (non-hydrogen) atoms. The molecular weight excluding hydrogens is 418 g/mol. The largest absolute Gasteiger partial charge is 0.378 e.